The van der Waals surface area contributed by atoms with E-state index in [1.807, 2.05) is 7.05 Å². The molecule has 1 fully saturated rings. The Morgan fingerprint density at radius 2 is 2.03 bits per heavy atom. The van der Waals surface area contributed by atoms with Gasteiger partial charge in [0.2, 0.25) is 5.95 Å². The van der Waals surface area contributed by atoms with Gasteiger partial charge in [-0.3, -0.25) is 4.79 Å². The molecule has 3 aromatic rings. The molecule has 1 aliphatic rings. The van der Waals surface area contributed by atoms with E-state index in [1.165, 1.54) is 29.8 Å². The molecule has 3 N–H and O–H groups in total. The van der Waals surface area contributed by atoms with E-state index in [0.29, 0.717) is 10.4 Å². The van der Waals surface area contributed by atoms with E-state index in [-0.39, 0.29) is 35.6 Å². The van der Waals surface area contributed by atoms with Crippen LogP contribution >= 0.6 is 11.3 Å². The molecule has 1 saturated heterocycles. The van der Waals surface area contributed by atoms with Gasteiger partial charge in [0.05, 0.1) is 21.6 Å². The Balaban J connectivity index is 1.47. The van der Waals surface area contributed by atoms with Crippen LogP contribution in [0.1, 0.15) is 39.2 Å². The Bertz CT molecular complexity index is 1260. The second kappa shape index (κ2) is 10.3. The van der Waals surface area contributed by atoms with E-state index in [1.54, 1.807) is 11.4 Å². The highest BCUT2D eigenvalue weighted by Gasteiger charge is 2.32. The van der Waals surface area contributed by atoms with Crippen LogP contribution in [0.2, 0.25) is 0 Å². The van der Waals surface area contributed by atoms with Crippen molar-refractivity contribution in [2.45, 2.75) is 25.1 Å². The molecule has 0 bridgehead atoms. The largest absolute Gasteiger partial charge is 0.492 e. The van der Waals surface area contributed by atoms with Gasteiger partial charge in [-0.1, -0.05) is 11.8 Å². The highest BCUT2D eigenvalue weighted by molar-refractivity contribution is 7.10. The maximum absolute atomic E-state index is 13.5. The van der Waals surface area contributed by atoms with Crippen molar-refractivity contribution in [2.24, 2.45) is 0 Å². The van der Waals surface area contributed by atoms with Crippen molar-refractivity contribution in [2.75, 3.05) is 31.2 Å². The van der Waals surface area contributed by atoms with Crippen molar-refractivity contribution in [1.82, 2.24) is 14.9 Å². The molecule has 2 aromatic heterocycles. The summed E-state index contributed by atoms with van der Waals surface area (Å²) in [5.41, 5.74) is 5.38. The van der Waals surface area contributed by atoms with Gasteiger partial charge in [0.1, 0.15) is 12.4 Å². The monoisotopic (exact) mass is 501 g/mol. The number of hydrogen-bond donors (Lipinski definition) is 2. The Kier molecular flexibility index (Phi) is 7.23. The number of halogens is 3. The molecule has 1 amide bonds. The fourth-order valence-electron chi connectivity index (χ4n) is 3.56. The average Bonchev–Trinajstić information content (AvgIpc) is 3.45. The third-order valence-electron chi connectivity index (χ3n) is 5.47. The van der Waals surface area contributed by atoms with E-state index in [2.05, 4.69) is 32.0 Å². The molecule has 0 unspecified atom stereocenters. The molecule has 1 aromatic carbocycles. The molecule has 0 radical (unpaired) electrons. The topological polar surface area (TPSA) is 93.4 Å². The van der Waals surface area contributed by atoms with Gasteiger partial charge >= 0.3 is 6.18 Å². The van der Waals surface area contributed by atoms with Crippen LogP contribution in [0.25, 0.3) is 0 Å². The number of likely N-dealkylation sites (tertiary alicyclic amines) is 1. The number of nitrogens with zero attached hydrogens (tertiary/aromatic N) is 3. The molecule has 11 heteroatoms. The van der Waals surface area contributed by atoms with Gasteiger partial charge in [0.25, 0.3) is 5.91 Å². The van der Waals surface area contributed by atoms with Gasteiger partial charge in [0, 0.05) is 35.6 Å². The molecule has 0 aliphatic carbocycles. The minimum atomic E-state index is -4.58. The quantitative estimate of drug-likeness (QED) is 0.508. The van der Waals surface area contributed by atoms with Crippen molar-refractivity contribution in [1.29, 1.82) is 0 Å². The predicted octanol–water partition coefficient (Wildman–Crippen LogP) is 4.26. The molecule has 1 aliphatic heterocycles. The van der Waals surface area contributed by atoms with Gasteiger partial charge in [0.15, 0.2) is 0 Å². The lowest BCUT2D eigenvalue weighted by Gasteiger charge is -2.20. The summed E-state index contributed by atoms with van der Waals surface area (Å²) < 4.78 is 46.0. The SMILES string of the molecule is CN1CCC[C@H]1COc1cc(NC(=O)c2csc(C#Cc3cnc(N)nc3)c2)cc(C(F)(F)F)c1. The number of anilines is 2. The van der Waals surface area contributed by atoms with Crippen molar-refractivity contribution in [3.8, 4) is 17.6 Å². The number of carbonyl (C=O) groups excluding carboxylic acids is 1. The zero-order valence-corrected chi connectivity index (χ0v) is 19.5. The number of ether oxygens (including phenoxy) is 1. The molecule has 35 heavy (non-hydrogen) atoms. The Morgan fingerprint density at radius 1 is 1.26 bits per heavy atom. The summed E-state index contributed by atoms with van der Waals surface area (Å²) in [4.78, 5) is 23.1. The summed E-state index contributed by atoms with van der Waals surface area (Å²) in [6.07, 6.45) is 0.326. The number of thiophene rings is 1. The molecule has 1 atom stereocenters. The zero-order chi connectivity index (χ0) is 25.0. The number of nitrogens with two attached hydrogens (primary N) is 1. The average molecular weight is 502 g/mol. The van der Waals surface area contributed by atoms with Crippen molar-refractivity contribution in [3.05, 3.63) is 63.6 Å². The smallest absolute Gasteiger partial charge is 0.416 e. The number of amides is 1. The summed E-state index contributed by atoms with van der Waals surface area (Å²) in [6, 6.07) is 4.94. The Morgan fingerprint density at radius 3 is 2.71 bits per heavy atom. The van der Waals surface area contributed by atoms with Crippen LogP contribution in [-0.4, -0.2) is 47.0 Å². The van der Waals surface area contributed by atoms with E-state index >= 15 is 0 Å². The van der Waals surface area contributed by atoms with Crippen LogP contribution in [0, 0.1) is 11.8 Å². The fraction of sp³-hybridized carbons (Fsp3) is 0.292. The second-order valence-electron chi connectivity index (χ2n) is 8.07. The number of rotatable bonds is 5. The number of likely N-dealkylation sites (N-methyl/N-ethyl adjacent to an activating group) is 1. The van der Waals surface area contributed by atoms with Crippen molar-refractivity contribution >= 4 is 28.9 Å². The standard InChI is InChI=1S/C24H22F3N5O2S/c1-32-6-2-3-19(32)13-34-20-9-17(24(25,26)27)8-18(10-20)31-22(33)16-7-21(35-14-16)5-4-15-11-29-23(28)30-12-15/h7-12,14,19H,2-3,6,13H2,1H3,(H,31,33)(H2,28,29,30)/t19-/m0/s1. The number of aromatic nitrogens is 2. The zero-order valence-electron chi connectivity index (χ0n) is 18.7. The maximum atomic E-state index is 13.5. The highest BCUT2D eigenvalue weighted by atomic mass is 32.1. The number of benzene rings is 1. The fourth-order valence-corrected chi connectivity index (χ4v) is 4.29. The van der Waals surface area contributed by atoms with Crippen LogP contribution in [0.5, 0.6) is 5.75 Å². The Hall–Kier alpha value is -3.62. The third-order valence-corrected chi connectivity index (χ3v) is 6.31. The number of hydrogen-bond acceptors (Lipinski definition) is 7. The van der Waals surface area contributed by atoms with Gasteiger partial charge in [-0.05, 0) is 44.6 Å². The van der Waals surface area contributed by atoms with Gasteiger partial charge in [-0.15, -0.1) is 11.3 Å². The molecular formula is C24H22F3N5O2S. The summed E-state index contributed by atoms with van der Waals surface area (Å²) in [5.74, 6) is 5.41. The predicted molar refractivity (Wildman–Crippen MR) is 127 cm³/mol. The number of alkyl halides is 3. The van der Waals surface area contributed by atoms with Gasteiger partial charge in [-0.25, -0.2) is 9.97 Å². The van der Waals surface area contributed by atoms with Crippen LogP contribution in [0.3, 0.4) is 0 Å². The van der Waals surface area contributed by atoms with Crippen LogP contribution in [0.4, 0.5) is 24.8 Å². The van der Waals surface area contributed by atoms with Crippen LogP contribution in [0.15, 0.2) is 42.0 Å². The van der Waals surface area contributed by atoms with Crippen molar-refractivity contribution < 1.29 is 22.7 Å². The van der Waals surface area contributed by atoms with Crippen LogP contribution < -0.4 is 15.8 Å². The summed E-state index contributed by atoms with van der Waals surface area (Å²) in [7, 11) is 1.96. The third kappa shape index (κ3) is 6.49. The number of nitrogen functional groups attached to an aromatic ring is 1. The highest BCUT2D eigenvalue weighted by Crippen LogP contribution is 2.34. The van der Waals surface area contributed by atoms with E-state index in [0.717, 1.165) is 31.5 Å². The first-order valence-corrected chi connectivity index (χ1v) is 11.6. The minimum absolute atomic E-state index is 0.00235. The number of nitrogens with one attached hydrogen (secondary N) is 1. The first-order valence-electron chi connectivity index (χ1n) is 10.7. The molecule has 7 nitrogen and oxygen atoms in total. The molecule has 3 heterocycles. The lowest BCUT2D eigenvalue weighted by atomic mass is 10.1. The maximum Gasteiger partial charge on any atom is 0.416 e. The van der Waals surface area contributed by atoms with Crippen molar-refractivity contribution in [3.63, 3.8) is 0 Å². The molecule has 0 saturated carbocycles. The Labute approximate surface area is 204 Å². The van der Waals surface area contributed by atoms with Gasteiger partial charge in [-0.2, -0.15) is 13.2 Å². The molecule has 0 spiro atoms. The first kappa shape index (κ1) is 24.5. The molecule has 4 rings (SSSR count). The first-order chi connectivity index (χ1) is 16.7. The summed E-state index contributed by atoms with van der Waals surface area (Å²) >= 11 is 1.23. The lowest BCUT2D eigenvalue weighted by Crippen LogP contribution is -2.30. The van der Waals surface area contributed by atoms with E-state index < -0.39 is 17.6 Å². The second-order valence-corrected chi connectivity index (χ2v) is 8.98. The summed E-state index contributed by atoms with van der Waals surface area (Å²) in [6.45, 7) is 1.20. The molecule has 182 valence electrons. The van der Waals surface area contributed by atoms with Crippen LogP contribution in [-0.2, 0) is 6.18 Å². The normalized spacial score (nSPS) is 15.9. The molecular weight excluding hydrogens is 479 g/mol. The van der Waals surface area contributed by atoms with E-state index in [4.69, 9.17) is 10.5 Å². The summed E-state index contributed by atoms with van der Waals surface area (Å²) in [5, 5.41) is 4.12. The van der Waals surface area contributed by atoms with Gasteiger partial charge < -0.3 is 20.7 Å². The lowest BCUT2D eigenvalue weighted by molar-refractivity contribution is -0.137. The minimum Gasteiger partial charge on any atom is -0.492 e. The number of carbonyl (C=O) groups is 1. The van der Waals surface area contributed by atoms with E-state index in [9.17, 15) is 18.0 Å².